The monoisotopic (exact) mass is 328 g/mol. The fourth-order valence-electron chi connectivity index (χ4n) is 2.39. The lowest BCUT2D eigenvalue weighted by Gasteiger charge is -2.30. The summed E-state index contributed by atoms with van der Waals surface area (Å²) in [7, 11) is 0. The normalized spacial score (nSPS) is 19.5. The molecule has 0 spiro atoms. The van der Waals surface area contributed by atoms with Crippen molar-refractivity contribution in [2.45, 2.75) is 19.4 Å². The van der Waals surface area contributed by atoms with Crippen molar-refractivity contribution < 1.29 is 0 Å². The number of rotatable bonds is 3. The van der Waals surface area contributed by atoms with Crippen LogP contribution in [0.3, 0.4) is 0 Å². The minimum Gasteiger partial charge on any atom is -0.329 e. The van der Waals surface area contributed by atoms with E-state index >= 15 is 0 Å². The highest BCUT2D eigenvalue weighted by atomic mass is 79.9. The summed E-state index contributed by atoms with van der Waals surface area (Å²) in [5, 5.41) is 0. The minimum atomic E-state index is 0.362. The zero-order valence-corrected chi connectivity index (χ0v) is 13.3. The molecule has 4 heteroatoms. The molecule has 1 saturated heterocycles. The van der Waals surface area contributed by atoms with Gasteiger partial charge in [0.05, 0.1) is 0 Å². The highest BCUT2D eigenvalue weighted by molar-refractivity contribution is 9.10. The predicted octanol–water partition coefficient (Wildman–Crippen LogP) is 3.20. The van der Waals surface area contributed by atoms with Crippen molar-refractivity contribution in [3.63, 3.8) is 0 Å². The topological polar surface area (TPSA) is 29.3 Å². The molecule has 1 aliphatic rings. The van der Waals surface area contributed by atoms with E-state index in [0.717, 1.165) is 6.54 Å². The maximum atomic E-state index is 6.01. The molecule has 100 valence electrons. The number of thioether (sulfide) groups is 1. The van der Waals surface area contributed by atoms with E-state index in [1.54, 1.807) is 0 Å². The summed E-state index contributed by atoms with van der Waals surface area (Å²) < 4.78 is 1.18. The third-order valence-electron chi connectivity index (χ3n) is 3.50. The van der Waals surface area contributed by atoms with Gasteiger partial charge in [0.2, 0.25) is 0 Å². The maximum Gasteiger partial charge on any atom is 0.0471 e. The lowest BCUT2D eigenvalue weighted by Crippen LogP contribution is -2.35. The van der Waals surface area contributed by atoms with Crippen LogP contribution in [0, 0.1) is 6.92 Å². The van der Waals surface area contributed by atoms with Crippen molar-refractivity contribution in [3.05, 3.63) is 33.8 Å². The standard InChI is InChI=1S/C14H21BrN2S/c1-11-3-4-12(9-13(11)15)14(10-16)17-5-2-7-18-8-6-17/h3-4,9,14H,2,5-8,10,16H2,1H3. The number of benzene rings is 1. The molecule has 1 atom stereocenters. The van der Waals surface area contributed by atoms with Gasteiger partial charge in [-0.25, -0.2) is 0 Å². The van der Waals surface area contributed by atoms with Crippen LogP contribution >= 0.6 is 27.7 Å². The van der Waals surface area contributed by atoms with Gasteiger partial charge in [-0.3, -0.25) is 4.90 Å². The van der Waals surface area contributed by atoms with Gasteiger partial charge in [-0.05, 0) is 42.8 Å². The molecule has 0 radical (unpaired) electrons. The predicted molar refractivity (Wildman–Crippen MR) is 84.2 cm³/mol. The molecule has 1 unspecified atom stereocenters. The summed E-state index contributed by atoms with van der Waals surface area (Å²) in [6, 6.07) is 6.98. The van der Waals surface area contributed by atoms with Gasteiger partial charge in [0.25, 0.3) is 0 Å². The van der Waals surface area contributed by atoms with Crippen molar-refractivity contribution in [2.75, 3.05) is 31.1 Å². The van der Waals surface area contributed by atoms with Gasteiger partial charge < -0.3 is 5.73 Å². The molecule has 0 amide bonds. The molecule has 0 saturated carbocycles. The molecule has 2 rings (SSSR count). The zero-order valence-electron chi connectivity index (χ0n) is 10.9. The van der Waals surface area contributed by atoms with Gasteiger partial charge in [-0.1, -0.05) is 28.1 Å². The number of halogens is 1. The van der Waals surface area contributed by atoms with Crippen LogP contribution in [0.2, 0.25) is 0 Å². The second kappa shape index (κ2) is 6.94. The fraction of sp³-hybridized carbons (Fsp3) is 0.571. The van der Waals surface area contributed by atoms with Gasteiger partial charge in [-0.2, -0.15) is 11.8 Å². The average molecular weight is 329 g/mol. The Balaban J connectivity index is 2.17. The summed E-state index contributed by atoms with van der Waals surface area (Å²) in [5.41, 5.74) is 8.62. The molecule has 1 fully saturated rings. The van der Waals surface area contributed by atoms with Crippen LogP contribution in [0.4, 0.5) is 0 Å². The summed E-state index contributed by atoms with van der Waals surface area (Å²) in [5.74, 6) is 2.51. The first-order chi connectivity index (χ1) is 8.72. The third-order valence-corrected chi connectivity index (χ3v) is 5.40. The Bertz CT molecular complexity index is 389. The quantitative estimate of drug-likeness (QED) is 0.923. The van der Waals surface area contributed by atoms with E-state index in [1.165, 1.54) is 40.1 Å². The van der Waals surface area contributed by atoms with Crippen LogP contribution < -0.4 is 5.73 Å². The van der Waals surface area contributed by atoms with Crippen LogP contribution in [0.1, 0.15) is 23.6 Å². The Morgan fingerprint density at radius 1 is 1.39 bits per heavy atom. The Morgan fingerprint density at radius 2 is 2.22 bits per heavy atom. The molecular formula is C14H21BrN2S. The second-order valence-corrected chi connectivity index (χ2v) is 6.84. The van der Waals surface area contributed by atoms with Gasteiger partial charge in [0.1, 0.15) is 0 Å². The maximum absolute atomic E-state index is 6.01. The second-order valence-electron chi connectivity index (χ2n) is 4.76. The first-order valence-electron chi connectivity index (χ1n) is 6.50. The van der Waals surface area contributed by atoms with Gasteiger partial charge in [0.15, 0.2) is 0 Å². The SMILES string of the molecule is Cc1ccc(C(CN)N2CCCSCC2)cc1Br. The van der Waals surface area contributed by atoms with E-state index in [2.05, 4.69) is 57.7 Å². The van der Waals surface area contributed by atoms with Crippen molar-refractivity contribution >= 4 is 27.7 Å². The summed E-state index contributed by atoms with van der Waals surface area (Å²) in [6.45, 7) is 5.13. The summed E-state index contributed by atoms with van der Waals surface area (Å²) in [4.78, 5) is 2.54. The largest absolute Gasteiger partial charge is 0.329 e. The molecule has 18 heavy (non-hydrogen) atoms. The van der Waals surface area contributed by atoms with E-state index in [-0.39, 0.29) is 0 Å². The van der Waals surface area contributed by atoms with E-state index < -0.39 is 0 Å². The Labute approximate surface area is 122 Å². The average Bonchev–Trinajstić information content (AvgIpc) is 2.64. The van der Waals surface area contributed by atoms with Crippen molar-refractivity contribution in [2.24, 2.45) is 5.73 Å². The van der Waals surface area contributed by atoms with Crippen molar-refractivity contribution in [3.8, 4) is 0 Å². The Kier molecular flexibility index (Phi) is 5.55. The van der Waals surface area contributed by atoms with E-state index in [9.17, 15) is 0 Å². The Morgan fingerprint density at radius 3 is 2.94 bits per heavy atom. The summed E-state index contributed by atoms with van der Waals surface area (Å²) >= 11 is 5.68. The Hall–Kier alpha value is -0.0300. The number of nitrogens with two attached hydrogens (primary N) is 1. The highest BCUT2D eigenvalue weighted by Crippen LogP contribution is 2.26. The first-order valence-corrected chi connectivity index (χ1v) is 8.45. The number of hydrogen-bond donors (Lipinski definition) is 1. The van der Waals surface area contributed by atoms with E-state index in [0.29, 0.717) is 12.6 Å². The van der Waals surface area contributed by atoms with E-state index in [4.69, 9.17) is 5.73 Å². The van der Waals surface area contributed by atoms with Gasteiger partial charge in [-0.15, -0.1) is 0 Å². The molecule has 1 aromatic rings. The van der Waals surface area contributed by atoms with Crippen LogP contribution in [0.15, 0.2) is 22.7 Å². The molecule has 1 aromatic carbocycles. The van der Waals surface area contributed by atoms with Crippen LogP contribution in [0.25, 0.3) is 0 Å². The molecule has 1 aliphatic heterocycles. The lowest BCUT2D eigenvalue weighted by atomic mass is 10.0. The van der Waals surface area contributed by atoms with Crippen LogP contribution in [0.5, 0.6) is 0 Å². The van der Waals surface area contributed by atoms with Crippen molar-refractivity contribution in [1.82, 2.24) is 4.90 Å². The fourth-order valence-corrected chi connectivity index (χ4v) is 3.69. The molecule has 0 bridgehead atoms. The summed E-state index contributed by atoms with van der Waals surface area (Å²) in [6.07, 6.45) is 1.27. The molecule has 0 aliphatic carbocycles. The number of nitrogens with zero attached hydrogens (tertiary/aromatic N) is 1. The van der Waals surface area contributed by atoms with Crippen LogP contribution in [-0.2, 0) is 0 Å². The van der Waals surface area contributed by atoms with Gasteiger partial charge in [0, 0.05) is 29.4 Å². The minimum absolute atomic E-state index is 0.362. The lowest BCUT2D eigenvalue weighted by molar-refractivity contribution is 0.218. The zero-order chi connectivity index (χ0) is 13.0. The molecular weight excluding hydrogens is 308 g/mol. The number of aryl methyl sites for hydroxylation is 1. The third kappa shape index (κ3) is 3.50. The van der Waals surface area contributed by atoms with Gasteiger partial charge >= 0.3 is 0 Å². The van der Waals surface area contributed by atoms with Crippen molar-refractivity contribution in [1.29, 1.82) is 0 Å². The molecule has 2 N–H and O–H groups in total. The first kappa shape index (κ1) is 14.4. The van der Waals surface area contributed by atoms with Crippen LogP contribution in [-0.4, -0.2) is 36.0 Å². The molecule has 1 heterocycles. The van der Waals surface area contributed by atoms with E-state index in [1.807, 2.05) is 0 Å². The molecule has 2 nitrogen and oxygen atoms in total. The molecule has 0 aromatic heterocycles. The number of hydrogen-bond acceptors (Lipinski definition) is 3. The highest BCUT2D eigenvalue weighted by Gasteiger charge is 2.20. The smallest absolute Gasteiger partial charge is 0.0471 e.